The number of nitrogens with one attached hydrogen (secondary N) is 1. The molecule has 7 nitrogen and oxygen atoms in total. The summed E-state index contributed by atoms with van der Waals surface area (Å²) in [4.78, 5) is 26.2. The molecule has 1 aromatic carbocycles. The van der Waals surface area contributed by atoms with Gasteiger partial charge in [-0.25, -0.2) is 10.2 Å². The molecule has 3 aromatic heterocycles. The highest BCUT2D eigenvalue weighted by molar-refractivity contribution is 7.15. The van der Waals surface area contributed by atoms with Gasteiger partial charge in [-0.2, -0.15) is 5.10 Å². The molecular formula is C27H26N4O3S. The SMILES string of the molecule is Cc1cc(C=NNC(=O)c2ccccc2-n2cccc2)c(C)n1-c1sc2c(c1C(=O)O)CCCC2. The topological polar surface area (TPSA) is 88.6 Å². The summed E-state index contributed by atoms with van der Waals surface area (Å²) in [7, 11) is 0. The molecule has 8 heteroatoms. The molecule has 1 amide bonds. The van der Waals surface area contributed by atoms with Crippen molar-refractivity contribution in [2.75, 3.05) is 0 Å². The third-order valence-electron chi connectivity index (χ3n) is 6.44. The second-order valence-corrected chi connectivity index (χ2v) is 9.75. The fourth-order valence-electron chi connectivity index (χ4n) is 4.77. The van der Waals surface area contributed by atoms with Crippen LogP contribution in [-0.2, 0) is 12.8 Å². The molecule has 1 aliphatic carbocycles. The van der Waals surface area contributed by atoms with Crippen LogP contribution in [0.15, 0.2) is 60.0 Å². The van der Waals surface area contributed by atoms with E-state index in [0.717, 1.165) is 58.9 Å². The maximum absolute atomic E-state index is 12.9. The molecule has 0 radical (unpaired) electrons. The predicted octanol–water partition coefficient (Wildman–Crippen LogP) is 5.29. The van der Waals surface area contributed by atoms with Crippen LogP contribution < -0.4 is 5.43 Å². The average Bonchev–Trinajstić information content (AvgIpc) is 3.57. The number of amides is 1. The average molecular weight is 487 g/mol. The maximum atomic E-state index is 12.9. The Morgan fingerprint density at radius 3 is 2.60 bits per heavy atom. The number of carbonyl (C=O) groups is 2. The number of hydrogen-bond donors (Lipinski definition) is 2. The number of hydrogen-bond acceptors (Lipinski definition) is 4. The molecule has 0 aliphatic heterocycles. The zero-order chi connectivity index (χ0) is 24.5. The summed E-state index contributed by atoms with van der Waals surface area (Å²) in [6, 6.07) is 13.1. The second kappa shape index (κ2) is 9.38. The Hall–Kier alpha value is -3.91. The molecule has 3 heterocycles. The first-order chi connectivity index (χ1) is 17.0. The Labute approximate surface area is 207 Å². The van der Waals surface area contributed by atoms with E-state index in [1.54, 1.807) is 23.6 Å². The van der Waals surface area contributed by atoms with Crippen molar-refractivity contribution < 1.29 is 14.7 Å². The van der Waals surface area contributed by atoms with Gasteiger partial charge in [-0.3, -0.25) is 4.79 Å². The van der Waals surface area contributed by atoms with E-state index >= 15 is 0 Å². The Morgan fingerprint density at radius 1 is 1.09 bits per heavy atom. The summed E-state index contributed by atoms with van der Waals surface area (Å²) in [5.41, 5.74) is 7.96. The quantitative estimate of drug-likeness (QED) is 0.287. The molecule has 0 saturated heterocycles. The number of nitrogens with zero attached hydrogens (tertiary/aromatic N) is 3. The van der Waals surface area contributed by atoms with Crippen LogP contribution in [0.2, 0.25) is 0 Å². The number of aromatic carboxylic acids is 1. The zero-order valence-corrected chi connectivity index (χ0v) is 20.4. The van der Waals surface area contributed by atoms with Gasteiger partial charge in [-0.1, -0.05) is 12.1 Å². The highest BCUT2D eigenvalue weighted by Gasteiger charge is 2.27. The molecule has 1 aliphatic rings. The summed E-state index contributed by atoms with van der Waals surface area (Å²) >= 11 is 1.58. The first kappa shape index (κ1) is 22.9. The number of fused-ring (bicyclic) bond motifs is 1. The highest BCUT2D eigenvalue weighted by atomic mass is 32.1. The van der Waals surface area contributed by atoms with Crippen molar-refractivity contribution in [3.63, 3.8) is 0 Å². The van der Waals surface area contributed by atoms with Crippen molar-refractivity contribution >= 4 is 29.4 Å². The van der Waals surface area contributed by atoms with Crippen molar-refractivity contribution in [1.82, 2.24) is 14.6 Å². The van der Waals surface area contributed by atoms with Crippen LogP contribution >= 0.6 is 11.3 Å². The van der Waals surface area contributed by atoms with Gasteiger partial charge in [0.1, 0.15) is 5.00 Å². The van der Waals surface area contributed by atoms with Gasteiger partial charge in [0, 0.05) is 34.2 Å². The van der Waals surface area contributed by atoms with Gasteiger partial charge in [-0.15, -0.1) is 11.3 Å². The minimum atomic E-state index is -0.879. The van der Waals surface area contributed by atoms with Gasteiger partial charge in [-0.05, 0) is 75.4 Å². The molecule has 0 unspecified atom stereocenters. The summed E-state index contributed by atoms with van der Waals surface area (Å²) in [6.07, 6.45) is 9.26. The van der Waals surface area contributed by atoms with Gasteiger partial charge < -0.3 is 14.2 Å². The molecule has 0 saturated carbocycles. The van der Waals surface area contributed by atoms with Crippen LogP contribution in [0.3, 0.4) is 0 Å². The highest BCUT2D eigenvalue weighted by Crippen LogP contribution is 2.38. The van der Waals surface area contributed by atoms with Crippen LogP contribution in [-0.4, -0.2) is 32.3 Å². The summed E-state index contributed by atoms with van der Waals surface area (Å²) < 4.78 is 3.88. The van der Waals surface area contributed by atoms with Crippen molar-refractivity contribution in [2.24, 2.45) is 5.10 Å². The number of thiophene rings is 1. The van der Waals surface area contributed by atoms with E-state index in [1.165, 1.54) is 4.88 Å². The van der Waals surface area contributed by atoms with E-state index in [9.17, 15) is 14.7 Å². The lowest BCUT2D eigenvalue weighted by Gasteiger charge is -2.11. The fourth-order valence-corrected chi connectivity index (χ4v) is 6.26. The Bertz CT molecular complexity index is 1440. The first-order valence-corrected chi connectivity index (χ1v) is 12.4. The molecule has 4 aromatic rings. The number of hydrazone groups is 1. The number of para-hydroxylation sites is 1. The Morgan fingerprint density at radius 2 is 1.83 bits per heavy atom. The molecule has 0 spiro atoms. The number of carboxylic acid groups (broad SMARTS) is 1. The lowest BCUT2D eigenvalue weighted by Crippen LogP contribution is -2.19. The van der Waals surface area contributed by atoms with E-state index in [2.05, 4.69) is 10.5 Å². The van der Waals surface area contributed by atoms with E-state index in [-0.39, 0.29) is 5.91 Å². The molecular weight excluding hydrogens is 460 g/mol. The van der Waals surface area contributed by atoms with Crippen LogP contribution in [0.5, 0.6) is 0 Å². The fraction of sp³-hybridized carbons (Fsp3) is 0.222. The van der Waals surface area contributed by atoms with Crippen LogP contribution in [0.25, 0.3) is 10.7 Å². The number of rotatable bonds is 6. The summed E-state index contributed by atoms with van der Waals surface area (Å²) in [5.74, 6) is -1.19. The monoisotopic (exact) mass is 486 g/mol. The van der Waals surface area contributed by atoms with Gasteiger partial charge in [0.05, 0.1) is 23.0 Å². The van der Waals surface area contributed by atoms with Crippen molar-refractivity contribution in [3.8, 4) is 10.7 Å². The minimum Gasteiger partial charge on any atom is -0.478 e. The number of aryl methyl sites for hydroxylation is 2. The summed E-state index contributed by atoms with van der Waals surface area (Å²) in [5, 5.41) is 14.9. The van der Waals surface area contributed by atoms with Crippen molar-refractivity contribution in [2.45, 2.75) is 39.5 Å². The molecule has 0 bridgehead atoms. The number of aromatic nitrogens is 2. The Kier molecular flexibility index (Phi) is 6.13. The number of carbonyl (C=O) groups excluding carboxylic acids is 1. The first-order valence-electron chi connectivity index (χ1n) is 11.6. The third kappa shape index (κ3) is 4.21. The maximum Gasteiger partial charge on any atom is 0.339 e. The largest absolute Gasteiger partial charge is 0.478 e. The normalized spacial score (nSPS) is 13.2. The Balaban J connectivity index is 1.42. The van der Waals surface area contributed by atoms with Gasteiger partial charge >= 0.3 is 5.97 Å². The predicted molar refractivity (Wildman–Crippen MR) is 138 cm³/mol. The summed E-state index contributed by atoms with van der Waals surface area (Å²) in [6.45, 7) is 3.91. The van der Waals surface area contributed by atoms with E-state index in [1.807, 2.05) is 71.8 Å². The number of benzene rings is 1. The van der Waals surface area contributed by atoms with Crippen molar-refractivity contribution in [3.05, 3.63) is 93.4 Å². The van der Waals surface area contributed by atoms with E-state index < -0.39 is 5.97 Å². The van der Waals surface area contributed by atoms with Crippen LogP contribution in [0, 0.1) is 13.8 Å². The van der Waals surface area contributed by atoms with Gasteiger partial charge in [0.15, 0.2) is 0 Å². The molecule has 2 N–H and O–H groups in total. The standard InChI is InChI=1S/C27H26N4O3S/c1-17-15-19(16-28-29-25(32)20-9-3-5-11-22(20)30-13-7-8-14-30)18(2)31(17)26-24(27(33)34)21-10-4-6-12-23(21)35-26/h3,5,7-9,11,13-16H,4,6,10,12H2,1-2H3,(H,29,32)(H,33,34). The zero-order valence-electron chi connectivity index (χ0n) is 19.6. The molecule has 0 fully saturated rings. The third-order valence-corrected chi connectivity index (χ3v) is 7.72. The van der Waals surface area contributed by atoms with Crippen LogP contribution in [0.4, 0.5) is 0 Å². The molecule has 5 rings (SSSR count). The number of carboxylic acids is 1. The lowest BCUT2D eigenvalue weighted by atomic mass is 9.95. The van der Waals surface area contributed by atoms with Crippen LogP contribution in [0.1, 0.15) is 60.9 Å². The molecule has 178 valence electrons. The lowest BCUT2D eigenvalue weighted by molar-refractivity contribution is 0.0695. The molecule has 0 atom stereocenters. The minimum absolute atomic E-state index is 0.307. The van der Waals surface area contributed by atoms with E-state index in [4.69, 9.17) is 0 Å². The smallest absolute Gasteiger partial charge is 0.339 e. The van der Waals surface area contributed by atoms with Crippen molar-refractivity contribution in [1.29, 1.82) is 0 Å². The van der Waals surface area contributed by atoms with Gasteiger partial charge in [0.25, 0.3) is 5.91 Å². The van der Waals surface area contributed by atoms with Gasteiger partial charge in [0.2, 0.25) is 0 Å². The molecule has 35 heavy (non-hydrogen) atoms. The second-order valence-electron chi connectivity index (χ2n) is 8.66. The van der Waals surface area contributed by atoms with E-state index in [0.29, 0.717) is 11.1 Å².